The number of β-amino-alcohol motifs (C(OH)–C–C–N with tert-alkyl or cyclic N) is 1. The normalized spacial score (nSPS) is 17.2. The molecule has 126 valence electrons. The minimum absolute atomic E-state index is 0.251. The number of piperidine rings is 1. The van der Waals surface area contributed by atoms with Gasteiger partial charge in [0.15, 0.2) is 0 Å². The van der Waals surface area contributed by atoms with Gasteiger partial charge in [0, 0.05) is 13.1 Å². The molecular formula is C16H24N4O3. The van der Waals surface area contributed by atoms with Gasteiger partial charge in [0.1, 0.15) is 6.26 Å². The number of hydrogen-bond donors (Lipinski definition) is 1. The molecule has 23 heavy (non-hydrogen) atoms. The molecule has 1 saturated heterocycles. The van der Waals surface area contributed by atoms with Crippen LogP contribution >= 0.6 is 0 Å². The molecule has 1 fully saturated rings. The van der Waals surface area contributed by atoms with Crippen molar-refractivity contribution in [3.8, 4) is 11.4 Å². The summed E-state index contributed by atoms with van der Waals surface area (Å²) in [5.74, 6) is 1.88. The standard InChI is InChI=1S/C16H24N4O3/c1-19(10-13-2-5-20(6-3-13)7-8-21)11-15-17-16(18-23-15)14-4-9-22-12-14/h4,9,12-13,21H,2-3,5-8,10-11H2,1H3. The highest BCUT2D eigenvalue weighted by Gasteiger charge is 2.21. The number of hydrogen-bond acceptors (Lipinski definition) is 7. The topological polar surface area (TPSA) is 78.8 Å². The van der Waals surface area contributed by atoms with Gasteiger partial charge in [-0.25, -0.2) is 0 Å². The lowest BCUT2D eigenvalue weighted by Gasteiger charge is -2.33. The third-order valence-corrected chi connectivity index (χ3v) is 4.35. The Morgan fingerprint density at radius 2 is 2.22 bits per heavy atom. The molecule has 2 aromatic heterocycles. The maximum Gasteiger partial charge on any atom is 0.241 e. The molecule has 1 aliphatic rings. The number of furan rings is 1. The Labute approximate surface area is 135 Å². The van der Waals surface area contributed by atoms with Gasteiger partial charge in [0.25, 0.3) is 0 Å². The van der Waals surface area contributed by atoms with E-state index in [1.54, 1.807) is 12.5 Å². The van der Waals surface area contributed by atoms with Gasteiger partial charge in [-0.05, 0) is 45.0 Å². The molecule has 0 unspecified atom stereocenters. The van der Waals surface area contributed by atoms with Gasteiger partial charge in [-0.1, -0.05) is 5.16 Å². The summed E-state index contributed by atoms with van der Waals surface area (Å²) in [7, 11) is 2.09. The molecule has 2 aromatic rings. The largest absolute Gasteiger partial charge is 0.472 e. The summed E-state index contributed by atoms with van der Waals surface area (Å²) in [5, 5.41) is 13.0. The van der Waals surface area contributed by atoms with E-state index in [0.717, 1.165) is 31.7 Å². The zero-order valence-corrected chi connectivity index (χ0v) is 13.5. The lowest BCUT2D eigenvalue weighted by molar-refractivity contribution is 0.126. The van der Waals surface area contributed by atoms with Gasteiger partial charge < -0.3 is 18.9 Å². The van der Waals surface area contributed by atoms with Crippen LogP contribution in [0.5, 0.6) is 0 Å². The maximum absolute atomic E-state index is 8.99. The van der Waals surface area contributed by atoms with Crippen molar-refractivity contribution in [1.29, 1.82) is 0 Å². The molecule has 0 saturated carbocycles. The fourth-order valence-electron chi connectivity index (χ4n) is 3.10. The molecule has 3 rings (SSSR count). The van der Waals surface area contributed by atoms with Crippen molar-refractivity contribution in [2.75, 3.05) is 39.8 Å². The molecule has 0 amide bonds. The van der Waals surface area contributed by atoms with Crippen LogP contribution in [0.2, 0.25) is 0 Å². The van der Waals surface area contributed by atoms with E-state index in [2.05, 4.69) is 27.0 Å². The maximum atomic E-state index is 8.99. The number of aliphatic hydroxyl groups excluding tert-OH is 1. The third-order valence-electron chi connectivity index (χ3n) is 4.35. The van der Waals surface area contributed by atoms with E-state index < -0.39 is 0 Å². The van der Waals surface area contributed by atoms with E-state index in [1.165, 1.54) is 12.8 Å². The molecule has 0 aromatic carbocycles. The van der Waals surface area contributed by atoms with Crippen LogP contribution in [0, 0.1) is 5.92 Å². The summed E-state index contributed by atoms with van der Waals surface area (Å²) in [6.45, 7) is 4.87. The second kappa shape index (κ2) is 7.72. The van der Waals surface area contributed by atoms with Gasteiger partial charge in [0.2, 0.25) is 11.7 Å². The molecule has 7 nitrogen and oxygen atoms in total. The monoisotopic (exact) mass is 320 g/mol. The first-order valence-electron chi connectivity index (χ1n) is 8.11. The van der Waals surface area contributed by atoms with E-state index in [4.69, 9.17) is 14.0 Å². The summed E-state index contributed by atoms with van der Waals surface area (Å²) in [6, 6.07) is 1.82. The van der Waals surface area contributed by atoms with Crippen LogP contribution in [-0.2, 0) is 6.54 Å². The van der Waals surface area contributed by atoms with E-state index in [1.807, 2.05) is 6.07 Å². The van der Waals surface area contributed by atoms with Crippen LogP contribution in [0.1, 0.15) is 18.7 Å². The number of rotatable bonds is 7. The van der Waals surface area contributed by atoms with Crippen molar-refractivity contribution in [1.82, 2.24) is 19.9 Å². The summed E-state index contributed by atoms with van der Waals surface area (Å²) < 4.78 is 10.4. The van der Waals surface area contributed by atoms with Crippen molar-refractivity contribution in [3.05, 3.63) is 24.5 Å². The van der Waals surface area contributed by atoms with Gasteiger partial charge in [-0.15, -0.1) is 0 Å². The lowest BCUT2D eigenvalue weighted by atomic mass is 9.96. The van der Waals surface area contributed by atoms with Crippen molar-refractivity contribution in [2.45, 2.75) is 19.4 Å². The van der Waals surface area contributed by atoms with Crippen LogP contribution in [0.25, 0.3) is 11.4 Å². The highest BCUT2D eigenvalue weighted by Crippen LogP contribution is 2.19. The van der Waals surface area contributed by atoms with Crippen molar-refractivity contribution in [3.63, 3.8) is 0 Å². The fraction of sp³-hybridized carbons (Fsp3) is 0.625. The van der Waals surface area contributed by atoms with E-state index in [9.17, 15) is 0 Å². The van der Waals surface area contributed by atoms with Crippen molar-refractivity contribution < 1.29 is 14.0 Å². The molecule has 0 aliphatic carbocycles. The smallest absolute Gasteiger partial charge is 0.241 e. The lowest BCUT2D eigenvalue weighted by Crippen LogP contribution is -2.38. The van der Waals surface area contributed by atoms with Crippen molar-refractivity contribution in [2.24, 2.45) is 5.92 Å². The zero-order valence-electron chi connectivity index (χ0n) is 13.5. The minimum atomic E-state index is 0.251. The Kier molecular flexibility index (Phi) is 5.43. The average Bonchev–Trinajstić information content (AvgIpc) is 3.20. The van der Waals surface area contributed by atoms with Crippen LogP contribution in [0.15, 0.2) is 27.5 Å². The van der Waals surface area contributed by atoms with Crippen LogP contribution in [0.4, 0.5) is 0 Å². The van der Waals surface area contributed by atoms with Crippen LogP contribution in [-0.4, -0.2) is 64.9 Å². The van der Waals surface area contributed by atoms with E-state index in [-0.39, 0.29) is 6.61 Å². The average molecular weight is 320 g/mol. The molecule has 1 N–H and O–H groups in total. The molecule has 7 heteroatoms. The Hall–Kier alpha value is -1.70. The SMILES string of the molecule is CN(Cc1nc(-c2ccoc2)no1)CC1CCN(CCO)CC1. The molecule has 0 spiro atoms. The molecule has 0 bridgehead atoms. The highest BCUT2D eigenvalue weighted by molar-refractivity contribution is 5.51. The van der Waals surface area contributed by atoms with Gasteiger partial charge in [-0.3, -0.25) is 4.90 Å². The number of nitrogens with zero attached hydrogens (tertiary/aromatic N) is 4. The second-order valence-electron chi connectivity index (χ2n) is 6.23. The second-order valence-corrected chi connectivity index (χ2v) is 6.23. The number of aromatic nitrogens is 2. The molecule has 0 atom stereocenters. The van der Waals surface area contributed by atoms with E-state index >= 15 is 0 Å². The minimum Gasteiger partial charge on any atom is -0.472 e. The molecule has 3 heterocycles. The summed E-state index contributed by atoms with van der Waals surface area (Å²) in [6.07, 6.45) is 5.56. The molecule has 1 aliphatic heterocycles. The van der Waals surface area contributed by atoms with Crippen LogP contribution in [0.3, 0.4) is 0 Å². The number of likely N-dealkylation sites (tertiary alicyclic amines) is 1. The highest BCUT2D eigenvalue weighted by atomic mass is 16.5. The first-order chi connectivity index (χ1) is 11.2. The van der Waals surface area contributed by atoms with Crippen molar-refractivity contribution >= 4 is 0 Å². The first kappa shape index (κ1) is 16.2. The Balaban J connectivity index is 1.46. The fourth-order valence-corrected chi connectivity index (χ4v) is 3.10. The third kappa shape index (κ3) is 4.40. The predicted molar refractivity (Wildman–Crippen MR) is 84.6 cm³/mol. The Morgan fingerprint density at radius 3 is 2.91 bits per heavy atom. The molecule has 0 radical (unpaired) electrons. The molecular weight excluding hydrogens is 296 g/mol. The predicted octanol–water partition coefficient (Wildman–Crippen LogP) is 1.47. The quantitative estimate of drug-likeness (QED) is 0.827. The van der Waals surface area contributed by atoms with Crippen LogP contribution < -0.4 is 0 Å². The Bertz CT molecular complexity index is 576. The van der Waals surface area contributed by atoms with Gasteiger partial charge >= 0.3 is 0 Å². The summed E-state index contributed by atoms with van der Waals surface area (Å²) >= 11 is 0. The Morgan fingerprint density at radius 1 is 1.39 bits per heavy atom. The van der Waals surface area contributed by atoms with Gasteiger partial charge in [-0.2, -0.15) is 4.98 Å². The van der Waals surface area contributed by atoms with Gasteiger partial charge in [0.05, 0.1) is 25.0 Å². The summed E-state index contributed by atoms with van der Waals surface area (Å²) in [5.41, 5.74) is 0.832. The first-order valence-corrected chi connectivity index (χ1v) is 8.11. The zero-order chi connectivity index (χ0) is 16.1. The summed E-state index contributed by atoms with van der Waals surface area (Å²) in [4.78, 5) is 8.97. The number of aliphatic hydroxyl groups is 1. The van der Waals surface area contributed by atoms with E-state index in [0.29, 0.717) is 24.2 Å².